The van der Waals surface area contributed by atoms with E-state index in [2.05, 4.69) is 0 Å². The van der Waals surface area contributed by atoms with Crippen molar-refractivity contribution in [3.8, 4) is 5.75 Å². The number of carboxylic acid groups (broad SMARTS) is 1. The van der Waals surface area contributed by atoms with E-state index in [0.717, 1.165) is 28.0 Å². The summed E-state index contributed by atoms with van der Waals surface area (Å²) in [7, 11) is 0. The first-order valence-corrected chi connectivity index (χ1v) is 11.9. The molecular weight excluding hydrogens is 469 g/mol. The first kappa shape index (κ1) is 24.7. The molecule has 1 aliphatic rings. The molecule has 1 atom stereocenters. The third-order valence-electron chi connectivity index (χ3n) is 6.13. The number of carbonyl (C=O) groups excluding carboxylic acids is 1. The molecule has 0 saturated heterocycles. The van der Waals surface area contributed by atoms with Crippen LogP contribution in [0.5, 0.6) is 5.75 Å². The lowest BCUT2D eigenvalue weighted by Gasteiger charge is -2.24. The summed E-state index contributed by atoms with van der Waals surface area (Å²) in [6.45, 7) is 1.95. The predicted molar refractivity (Wildman–Crippen MR) is 132 cm³/mol. The van der Waals surface area contributed by atoms with Crippen LogP contribution >= 0.6 is 11.6 Å². The number of fused-ring (bicyclic) bond motifs is 1. The molecule has 0 saturated carbocycles. The second-order valence-corrected chi connectivity index (χ2v) is 9.68. The zero-order valence-electron chi connectivity index (χ0n) is 19.5. The van der Waals surface area contributed by atoms with Crippen LogP contribution in [0.3, 0.4) is 0 Å². The highest BCUT2D eigenvalue weighted by molar-refractivity contribution is 6.30. The Morgan fingerprint density at radius 1 is 1.06 bits per heavy atom. The molecule has 3 aromatic carbocycles. The van der Waals surface area contributed by atoms with Gasteiger partial charge < -0.3 is 14.7 Å². The molecule has 0 spiro atoms. The van der Waals surface area contributed by atoms with E-state index in [0.29, 0.717) is 24.3 Å². The summed E-state index contributed by atoms with van der Waals surface area (Å²) < 4.78 is 19.4. The number of nitrogens with zero attached hydrogens (tertiary/aromatic N) is 1. The van der Waals surface area contributed by atoms with Gasteiger partial charge in [0.2, 0.25) is 5.91 Å². The summed E-state index contributed by atoms with van der Waals surface area (Å²) in [4.78, 5) is 25.7. The van der Waals surface area contributed by atoms with Crippen LogP contribution in [0.15, 0.2) is 66.7 Å². The fourth-order valence-corrected chi connectivity index (χ4v) is 4.73. The second-order valence-electron chi connectivity index (χ2n) is 9.24. The lowest BCUT2D eigenvalue weighted by Crippen LogP contribution is -2.38. The highest BCUT2D eigenvalue weighted by Crippen LogP contribution is 2.37. The highest BCUT2D eigenvalue weighted by Gasteiger charge is 2.35. The zero-order chi connectivity index (χ0) is 25.0. The predicted octanol–water partition coefficient (Wildman–Crippen LogP) is 5.11. The van der Waals surface area contributed by atoms with Gasteiger partial charge in [-0.05, 0) is 65.9 Å². The fraction of sp³-hybridized carbons (Fsp3) is 0.286. The number of ether oxygens (including phenoxy) is 1. The van der Waals surface area contributed by atoms with Crippen molar-refractivity contribution >= 4 is 23.5 Å². The van der Waals surface area contributed by atoms with E-state index in [4.69, 9.17) is 16.3 Å². The molecular formula is C28H27ClFNO4. The molecule has 0 aliphatic carbocycles. The van der Waals surface area contributed by atoms with Crippen molar-refractivity contribution < 1.29 is 23.8 Å². The van der Waals surface area contributed by atoms with Crippen molar-refractivity contribution in [1.29, 1.82) is 0 Å². The number of carboxylic acids is 1. The Balaban J connectivity index is 1.41. The van der Waals surface area contributed by atoms with Gasteiger partial charge in [-0.25, -0.2) is 4.39 Å². The molecule has 1 heterocycles. The molecule has 1 N–H and O–H groups in total. The van der Waals surface area contributed by atoms with Crippen LogP contribution in [0, 0.1) is 5.82 Å². The van der Waals surface area contributed by atoms with E-state index < -0.39 is 11.6 Å². The molecule has 0 fully saturated rings. The molecule has 4 rings (SSSR count). The molecule has 0 radical (unpaired) electrons. The van der Waals surface area contributed by atoms with Gasteiger partial charge in [0.15, 0.2) is 0 Å². The average molecular weight is 496 g/mol. The number of hydrogen-bond acceptors (Lipinski definition) is 3. The zero-order valence-corrected chi connectivity index (χ0v) is 20.2. The van der Waals surface area contributed by atoms with Gasteiger partial charge >= 0.3 is 5.97 Å². The number of rotatable bonds is 9. The third kappa shape index (κ3) is 6.61. The number of carbonyl (C=O) groups is 2. The summed E-state index contributed by atoms with van der Waals surface area (Å²) in [6.07, 6.45) is 1.91. The van der Waals surface area contributed by atoms with Gasteiger partial charge in [-0.1, -0.05) is 48.0 Å². The summed E-state index contributed by atoms with van der Waals surface area (Å²) in [5, 5.41) is 9.91. The number of amides is 1. The number of aliphatic carboxylic acids is 1. The van der Waals surface area contributed by atoms with Gasteiger partial charge in [0, 0.05) is 24.4 Å². The Morgan fingerprint density at radius 2 is 1.80 bits per heavy atom. The van der Waals surface area contributed by atoms with E-state index in [1.807, 2.05) is 43.3 Å². The minimum atomic E-state index is -1.05. The standard InChI is InChI=1S/C28H27ClFNO4/c1-28(16-20-5-8-24(30)9-6-20)17-22-13-21(7-10-25(22)35-28)15-26(32)31(18-27(33)34)12-11-19-3-2-4-23(29)14-19/h2-10,13-14H,11-12,15-18H2,1H3,(H,33,34)/t28-/m1/s1. The molecule has 7 heteroatoms. The van der Waals surface area contributed by atoms with Crippen LogP contribution < -0.4 is 4.74 Å². The van der Waals surface area contributed by atoms with Crippen LogP contribution in [-0.4, -0.2) is 40.6 Å². The van der Waals surface area contributed by atoms with Crippen LogP contribution in [0.1, 0.15) is 29.2 Å². The smallest absolute Gasteiger partial charge is 0.323 e. The minimum absolute atomic E-state index is 0.102. The largest absolute Gasteiger partial charge is 0.487 e. The first-order valence-electron chi connectivity index (χ1n) is 11.5. The Morgan fingerprint density at radius 3 is 2.51 bits per heavy atom. The van der Waals surface area contributed by atoms with Gasteiger partial charge in [0.05, 0.1) is 6.42 Å². The van der Waals surface area contributed by atoms with E-state index >= 15 is 0 Å². The van der Waals surface area contributed by atoms with Gasteiger partial charge in [-0.15, -0.1) is 0 Å². The molecule has 1 aliphatic heterocycles. The van der Waals surface area contributed by atoms with Crippen LogP contribution in [0.25, 0.3) is 0 Å². The summed E-state index contributed by atoms with van der Waals surface area (Å²) in [5.41, 5.74) is 3.27. The number of hydrogen-bond donors (Lipinski definition) is 1. The molecule has 1 amide bonds. The lowest BCUT2D eigenvalue weighted by molar-refractivity contribution is -0.144. The SMILES string of the molecule is C[C@@]1(Cc2ccc(F)cc2)Cc2cc(CC(=O)N(CCc3cccc(Cl)c3)CC(=O)O)ccc2O1. The number of benzene rings is 3. The van der Waals surface area contributed by atoms with Crippen molar-refractivity contribution in [3.05, 3.63) is 99.8 Å². The Bertz CT molecular complexity index is 1230. The van der Waals surface area contributed by atoms with Gasteiger partial charge in [0.1, 0.15) is 23.7 Å². The maximum Gasteiger partial charge on any atom is 0.323 e. The van der Waals surface area contributed by atoms with Gasteiger partial charge in [-0.2, -0.15) is 0 Å². The Kier molecular flexibility index (Phi) is 7.41. The van der Waals surface area contributed by atoms with Crippen LogP contribution in [0.4, 0.5) is 4.39 Å². The second kappa shape index (κ2) is 10.5. The summed E-state index contributed by atoms with van der Waals surface area (Å²) in [5.74, 6) is -0.798. The van der Waals surface area contributed by atoms with Crippen molar-refractivity contribution in [1.82, 2.24) is 4.90 Å². The molecule has 3 aromatic rings. The summed E-state index contributed by atoms with van der Waals surface area (Å²) >= 11 is 6.03. The van der Waals surface area contributed by atoms with Crippen molar-refractivity contribution in [2.45, 2.75) is 38.2 Å². The van der Waals surface area contributed by atoms with Gasteiger partial charge in [0.25, 0.3) is 0 Å². The highest BCUT2D eigenvalue weighted by atomic mass is 35.5. The van der Waals surface area contributed by atoms with Crippen molar-refractivity contribution in [3.63, 3.8) is 0 Å². The molecule has 5 nitrogen and oxygen atoms in total. The van der Waals surface area contributed by atoms with Crippen LogP contribution in [0.2, 0.25) is 5.02 Å². The van der Waals surface area contributed by atoms with Crippen LogP contribution in [-0.2, 0) is 35.3 Å². The molecule has 0 unspecified atom stereocenters. The molecule has 0 aromatic heterocycles. The molecule has 182 valence electrons. The van der Waals surface area contributed by atoms with Gasteiger partial charge in [-0.3, -0.25) is 9.59 Å². The quantitative estimate of drug-likeness (QED) is 0.448. The summed E-state index contributed by atoms with van der Waals surface area (Å²) in [6, 6.07) is 19.4. The molecule has 35 heavy (non-hydrogen) atoms. The van der Waals surface area contributed by atoms with E-state index in [1.54, 1.807) is 18.2 Å². The Hall–Kier alpha value is -3.38. The van der Waals surface area contributed by atoms with Crippen molar-refractivity contribution in [2.24, 2.45) is 0 Å². The minimum Gasteiger partial charge on any atom is -0.487 e. The Labute approximate surface area is 209 Å². The first-order chi connectivity index (χ1) is 16.7. The lowest BCUT2D eigenvalue weighted by atomic mass is 9.91. The fourth-order valence-electron chi connectivity index (χ4n) is 4.52. The maximum absolute atomic E-state index is 13.2. The van der Waals surface area contributed by atoms with Crippen molar-refractivity contribution in [2.75, 3.05) is 13.1 Å². The van der Waals surface area contributed by atoms with E-state index in [1.165, 1.54) is 17.0 Å². The maximum atomic E-state index is 13.2. The normalized spacial score (nSPS) is 16.4. The number of halogens is 2. The molecule has 0 bridgehead atoms. The van der Waals surface area contributed by atoms with E-state index in [-0.39, 0.29) is 31.2 Å². The average Bonchev–Trinajstić information content (AvgIpc) is 3.13. The third-order valence-corrected chi connectivity index (χ3v) is 6.37. The van der Waals surface area contributed by atoms with E-state index in [9.17, 15) is 19.1 Å². The topological polar surface area (TPSA) is 66.8 Å². The monoisotopic (exact) mass is 495 g/mol.